The Kier molecular flexibility index (Phi) is 6.12. The summed E-state index contributed by atoms with van der Waals surface area (Å²) in [5.74, 6) is 0.324. The first kappa shape index (κ1) is 17.7. The number of rotatable bonds is 7. The average molecular weight is 329 g/mol. The lowest BCUT2D eigenvalue weighted by atomic mass is 10.1. The summed E-state index contributed by atoms with van der Waals surface area (Å²) in [5.41, 5.74) is 3.60. The van der Waals surface area contributed by atoms with E-state index in [1.165, 1.54) is 0 Å². The molecule has 0 atom stereocenters. The van der Waals surface area contributed by atoms with Gasteiger partial charge < -0.3 is 15.2 Å². The smallest absolute Gasteiger partial charge is 0.243 e. The maximum atomic E-state index is 12.0. The maximum Gasteiger partial charge on any atom is 0.243 e. The molecule has 1 heterocycles. The molecule has 0 aliphatic heterocycles. The Balaban J connectivity index is 1.78. The van der Waals surface area contributed by atoms with Gasteiger partial charge in [0.25, 0.3) is 0 Å². The van der Waals surface area contributed by atoms with Crippen molar-refractivity contribution in [3.05, 3.63) is 46.8 Å². The summed E-state index contributed by atoms with van der Waals surface area (Å²) in [7, 11) is 0. The number of hydrogen-bond donors (Lipinski definition) is 2. The van der Waals surface area contributed by atoms with Crippen molar-refractivity contribution < 1.29 is 14.1 Å². The molecule has 0 fully saturated rings. The van der Waals surface area contributed by atoms with Gasteiger partial charge in [0.2, 0.25) is 11.8 Å². The fourth-order valence-corrected chi connectivity index (χ4v) is 2.51. The van der Waals surface area contributed by atoms with Crippen LogP contribution in [0.25, 0.3) is 0 Å². The predicted molar refractivity (Wildman–Crippen MR) is 91.8 cm³/mol. The van der Waals surface area contributed by atoms with Gasteiger partial charge >= 0.3 is 0 Å². The second kappa shape index (κ2) is 8.29. The quantitative estimate of drug-likeness (QED) is 0.817. The summed E-state index contributed by atoms with van der Waals surface area (Å²) < 4.78 is 5.07. The lowest BCUT2D eigenvalue weighted by Crippen LogP contribution is -2.33. The number of aryl methyl sites for hydroxylation is 3. The average Bonchev–Trinajstić information content (AvgIpc) is 2.90. The van der Waals surface area contributed by atoms with Crippen molar-refractivity contribution in [2.24, 2.45) is 0 Å². The van der Waals surface area contributed by atoms with Gasteiger partial charge in [-0.2, -0.15) is 0 Å². The van der Waals surface area contributed by atoms with Gasteiger partial charge in [-0.05, 0) is 38.3 Å². The molecule has 2 aromatic rings. The van der Waals surface area contributed by atoms with Gasteiger partial charge in [0, 0.05) is 17.7 Å². The highest BCUT2D eigenvalue weighted by atomic mass is 16.5. The maximum absolute atomic E-state index is 12.0. The van der Waals surface area contributed by atoms with Gasteiger partial charge in [-0.3, -0.25) is 9.59 Å². The van der Waals surface area contributed by atoms with E-state index in [4.69, 9.17) is 4.52 Å². The third-order valence-electron chi connectivity index (χ3n) is 3.90. The molecule has 0 aliphatic rings. The van der Waals surface area contributed by atoms with Gasteiger partial charge in [-0.1, -0.05) is 30.3 Å². The van der Waals surface area contributed by atoms with Crippen molar-refractivity contribution in [1.82, 2.24) is 10.5 Å². The van der Waals surface area contributed by atoms with E-state index in [0.29, 0.717) is 12.8 Å². The first-order chi connectivity index (χ1) is 11.5. The molecule has 0 saturated heterocycles. The molecule has 128 valence electrons. The van der Waals surface area contributed by atoms with Crippen molar-refractivity contribution >= 4 is 17.5 Å². The zero-order valence-corrected chi connectivity index (χ0v) is 14.3. The molecule has 2 N–H and O–H groups in total. The Bertz CT molecular complexity index is 703. The molecule has 0 radical (unpaired) electrons. The van der Waals surface area contributed by atoms with E-state index in [1.54, 1.807) is 0 Å². The molecule has 6 heteroatoms. The minimum absolute atomic E-state index is 0.0432. The highest BCUT2D eigenvalue weighted by Crippen LogP contribution is 2.15. The monoisotopic (exact) mass is 329 g/mol. The van der Waals surface area contributed by atoms with E-state index in [0.717, 1.165) is 34.7 Å². The number of aromatic nitrogens is 1. The summed E-state index contributed by atoms with van der Waals surface area (Å²) >= 11 is 0. The highest BCUT2D eigenvalue weighted by molar-refractivity contribution is 5.95. The van der Waals surface area contributed by atoms with Crippen LogP contribution in [0.5, 0.6) is 0 Å². The summed E-state index contributed by atoms with van der Waals surface area (Å²) in [6.45, 7) is 5.66. The van der Waals surface area contributed by atoms with Gasteiger partial charge in [-0.25, -0.2) is 0 Å². The second-order valence-corrected chi connectivity index (χ2v) is 5.64. The van der Waals surface area contributed by atoms with E-state index >= 15 is 0 Å². The number of hydrogen-bond acceptors (Lipinski definition) is 4. The number of nitrogens with one attached hydrogen (secondary N) is 2. The van der Waals surface area contributed by atoms with Crippen LogP contribution in [0.4, 0.5) is 5.69 Å². The van der Waals surface area contributed by atoms with Crippen LogP contribution in [0.1, 0.15) is 35.9 Å². The number of anilines is 1. The molecule has 0 bridgehead atoms. The Hall–Kier alpha value is -2.63. The van der Waals surface area contributed by atoms with Gasteiger partial charge in [-0.15, -0.1) is 0 Å². The molecule has 1 aromatic heterocycles. The van der Waals surface area contributed by atoms with Crippen LogP contribution in [0.2, 0.25) is 0 Å². The molecule has 0 unspecified atom stereocenters. The van der Waals surface area contributed by atoms with Crippen LogP contribution >= 0.6 is 0 Å². The number of carbonyl (C=O) groups excluding carboxylic acids is 2. The van der Waals surface area contributed by atoms with Crippen LogP contribution < -0.4 is 10.6 Å². The first-order valence-electron chi connectivity index (χ1n) is 8.07. The lowest BCUT2D eigenvalue weighted by molar-refractivity contribution is -0.124. The normalized spacial score (nSPS) is 10.5. The van der Waals surface area contributed by atoms with E-state index in [2.05, 4.69) is 15.8 Å². The van der Waals surface area contributed by atoms with Crippen LogP contribution in [-0.4, -0.2) is 23.5 Å². The molecular weight excluding hydrogens is 306 g/mol. The molecule has 0 saturated carbocycles. The largest absolute Gasteiger partial charge is 0.361 e. The van der Waals surface area contributed by atoms with E-state index in [9.17, 15) is 9.59 Å². The van der Waals surface area contributed by atoms with Crippen LogP contribution in [0, 0.1) is 13.8 Å². The lowest BCUT2D eigenvalue weighted by Gasteiger charge is -2.10. The minimum Gasteiger partial charge on any atom is -0.361 e. The Morgan fingerprint density at radius 2 is 1.92 bits per heavy atom. The molecule has 6 nitrogen and oxygen atoms in total. The number of carbonyl (C=O) groups is 2. The Morgan fingerprint density at radius 3 is 2.58 bits per heavy atom. The summed E-state index contributed by atoms with van der Waals surface area (Å²) in [5, 5.41) is 9.33. The molecule has 0 spiro atoms. The fraction of sp³-hybridized carbons (Fsp3) is 0.389. The molecule has 24 heavy (non-hydrogen) atoms. The van der Waals surface area contributed by atoms with E-state index in [1.807, 2.05) is 45.0 Å². The topological polar surface area (TPSA) is 84.2 Å². The van der Waals surface area contributed by atoms with Crippen molar-refractivity contribution in [2.45, 2.75) is 40.0 Å². The fourth-order valence-electron chi connectivity index (χ4n) is 2.51. The zero-order chi connectivity index (χ0) is 17.5. The molecule has 0 aliphatic carbocycles. The molecule has 2 amide bonds. The molecule has 2 rings (SSSR count). The van der Waals surface area contributed by atoms with Crippen LogP contribution in [0.15, 0.2) is 28.8 Å². The Morgan fingerprint density at radius 1 is 1.17 bits per heavy atom. The van der Waals surface area contributed by atoms with Gasteiger partial charge in [0.1, 0.15) is 5.76 Å². The molecule has 1 aromatic carbocycles. The van der Waals surface area contributed by atoms with Crippen molar-refractivity contribution in [1.29, 1.82) is 0 Å². The number of benzene rings is 1. The van der Waals surface area contributed by atoms with E-state index in [-0.39, 0.29) is 18.4 Å². The highest BCUT2D eigenvalue weighted by Gasteiger charge is 2.12. The van der Waals surface area contributed by atoms with Crippen molar-refractivity contribution in [3.63, 3.8) is 0 Å². The van der Waals surface area contributed by atoms with Crippen molar-refractivity contribution in [3.8, 4) is 0 Å². The van der Waals surface area contributed by atoms with Gasteiger partial charge in [0.15, 0.2) is 0 Å². The van der Waals surface area contributed by atoms with Crippen LogP contribution in [-0.2, 0) is 22.4 Å². The zero-order valence-electron chi connectivity index (χ0n) is 14.3. The summed E-state index contributed by atoms with van der Waals surface area (Å²) in [4.78, 5) is 23.9. The third kappa shape index (κ3) is 4.68. The number of para-hydroxylation sites is 1. The Labute approximate surface area is 141 Å². The summed E-state index contributed by atoms with van der Waals surface area (Å²) in [6.07, 6.45) is 1.68. The summed E-state index contributed by atoms with van der Waals surface area (Å²) in [6, 6.07) is 7.63. The molecular formula is C18H23N3O3. The SMILES string of the molecule is CCc1ccccc1NC(=O)CNC(=O)CCc1c(C)noc1C. The predicted octanol–water partition coefficient (Wildman–Crippen LogP) is 2.54. The standard InChI is InChI=1S/C18H23N3O3/c1-4-14-7-5-6-8-16(14)20-18(23)11-19-17(22)10-9-15-12(2)21-24-13(15)3/h5-8H,4,9-11H2,1-3H3,(H,19,22)(H,20,23). The van der Waals surface area contributed by atoms with E-state index < -0.39 is 0 Å². The number of nitrogens with zero attached hydrogens (tertiary/aromatic N) is 1. The first-order valence-corrected chi connectivity index (χ1v) is 8.07. The van der Waals surface area contributed by atoms with Gasteiger partial charge in [0.05, 0.1) is 12.2 Å². The van der Waals surface area contributed by atoms with Crippen LogP contribution in [0.3, 0.4) is 0 Å². The number of amides is 2. The second-order valence-electron chi connectivity index (χ2n) is 5.64. The third-order valence-corrected chi connectivity index (χ3v) is 3.90. The minimum atomic E-state index is -0.235. The van der Waals surface area contributed by atoms with Crippen molar-refractivity contribution in [2.75, 3.05) is 11.9 Å².